The maximum atomic E-state index is 13.3. The van der Waals surface area contributed by atoms with Crippen LogP contribution in [0.4, 0.5) is 4.39 Å². The highest BCUT2D eigenvalue weighted by Gasteiger charge is 2.44. The van der Waals surface area contributed by atoms with Gasteiger partial charge in [0.15, 0.2) is 12.5 Å². The van der Waals surface area contributed by atoms with Gasteiger partial charge in [-0.05, 0) is 6.42 Å². The van der Waals surface area contributed by atoms with Gasteiger partial charge in [0.05, 0.1) is 6.61 Å². The first-order chi connectivity index (χ1) is 7.20. The molecule has 90 valence electrons. The Bertz CT molecular complexity index is 179. The summed E-state index contributed by atoms with van der Waals surface area (Å²) >= 11 is 0. The molecule has 15 heavy (non-hydrogen) atoms. The lowest BCUT2D eigenvalue weighted by Crippen LogP contribution is -2.32. The molecule has 1 rings (SSSR count). The van der Waals surface area contributed by atoms with Crippen LogP contribution in [0.3, 0.4) is 0 Å². The molecule has 0 radical (unpaired) electrons. The predicted molar refractivity (Wildman–Crippen MR) is 52.3 cm³/mol. The fourth-order valence-corrected chi connectivity index (χ4v) is 1.46. The largest absolute Gasteiger partial charge is 0.387 e. The molecule has 5 heteroatoms. The lowest BCUT2D eigenvalue weighted by Gasteiger charge is -2.13. The second-order valence-electron chi connectivity index (χ2n) is 3.64. The number of alkyl halides is 1. The fraction of sp³-hybridized carbons (Fsp3) is 1.00. The minimum Gasteiger partial charge on any atom is -0.387 e. The van der Waals surface area contributed by atoms with Crippen molar-refractivity contribution in [3.8, 4) is 0 Å². The van der Waals surface area contributed by atoms with Crippen molar-refractivity contribution in [2.75, 3.05) is 20.3 Å². The summed E-state index contributed by atoms with van der Waals surface area (Å²) in [7, 11) is 1.35. The van der Waals surface area contributed by atoms with E-state index in [0.717, 1.165) is 12.8 Å². The van der Waals surface area contributed by atoms with Crippen molar-refractivity contribution in [1.82, 2.24) is 0 Å². The van der Waals surface area contributed by atoms with E-state index in [-0.39, 0.29) is 6.61 Å². The monoisotopic (exact) mass is 222 g/mol. The molecule has 0 aromatic rings. The van der Waals surface area contributed by atoms with Gasteiger partial charge in [0, 0.05) is 13.7 Å². The molecule has 1 N–H and O–H groups in total. The molecule has 1 unspecified atom stereocenters. The molecular weight excluding hydrogens is 203 g/mol. The Hall–Kier alpha value is -0.230. The zero-order valence-corrected chi connectivity index (χ0v) is 9.19. The third-order valence-corrected chi connectivity index (χ3v) is 2.43. The molecule has 0 aromatic carbocycles. The number of rotatable bonds is 6. The summed E-state index contributed by atoms with van der Waals surface area (Å²) in [6, 6.07) is 0. The molecule has 4 nitrogen and oxygen atoms in total. The van der Waals surface area contributed by atoms with Crippen LogP contribution in [0.25, 0.3) is 0 Å². The van der Waals surface area contributed by atoms with Crippen molar-refractivity contribution >= 4 is 0 Å². The molecule has 0 saturated carbocycles. The second-order valence-corrected chi connectivity index (χ2v) is 3.64. The third-order valence-electron chi connectivity index (χ3n) is 2.43. The van der Waals surface area contributed by atoms with Crippen molar-refractivity contribution in [1.29, 1.82) is 0 Å². The van der Waals surface area contributed by atoms with Gasteiger partial charge in [0.1, 0.15) is 12.2 Å². The van der Waals surface area contributed by atoms with Crippen LogP contribution in [0.5, 0.6) is 0 Å². The number of methoxy groups -OCH3 is 1. The number of unbranched alkanes of at least 4 members (excludes halogenated alkanes) is 1. The molecule has 0 bridgehead atoms. The van der Waals surface area contributed by atoms with Gasteiger partial charge in [0.2, 0.25) is 0 Å². The van der Waals surface area contributed by atoms with Crippen LogP contribution in [0.2, 0.25) is 0 Å². The Labute approximate surface area is 89.3 Å². The SMILES string of the molecule is CCCCOC[C@H]1O[C@@H](OC)[C@H](F)C1O. The van der Waals surface area contributed by atoms with Gasteiger partial charge in [-0.1, -0.05) is 13.3 Å². The van der Waals surface area contributed by atoms with E-state index in [2.05, 4.69) is 6.92 Å². The van der Waals surface area contributed by atoms with Gasteiger partial charge in [-0.2, -0.15) is 0 Å². The Balaban J connectivity index is 2.25. The van der Waals surface area contributed by atoms with Crippen LogP contribution in [-0.2, 0) is 14.2 Å². The fourth-order valence-electron chi connectivity index (χ4n) is 1.46. The number of ether oxygens (including phenoxy) is 3. The molecular formula is C10H19FO4. The van der Waals surface area contributed by atoms with Crippen LogP contribution in [0.1, 0.15) is 19.8 Å². The van der Waals surface area contributed by atoms with Crippen LogP contribution >= 0.6 is 0 Å². The summed E-state index contributed by atoms with van der Waals surface area (Å²) < 4.78 is 28.4. The summed E-state index contributed by atoms with van der Waals surface area (Å²) in [6.45, 7) is 2.88. The van der Waals surface area contributed by atoms with E-state index < -0.39 is 24.7 Å². The van der Waals surface area contributed by atoms with Gasteiger partial charge in [-0.25, -0.2) is 4.39 Å². The van der Waals surface area contributed by atoms with E-state index in [1.54, 1.807) is 0 Å². The summed E-state index contributed by atoms with van der Waals surface area (Å²) in [4.78, 5) is 0. The molecule has 0 aromatic heterocycles. The van der Waals surface area contributed by atoms with Gasteiger partial charge < -0.3 is 19.3 Å². The second kappa shape index (κ2) is 6.37. The van der Waals surface area contributed by atoms with Gasteiger partial charge in [-0.3, -0.25) is 0 Å². The van der Waals surface area contributed by atoms with Crippen LogP contribution < -0.4 is 0 Å². The quantitative estimate of drug-likeness (QED) is 0.677. The lowest BCUT2D eigenvalue weighted by molar-refractivity contribution is -0.145. The van der Waals surface area contributed by atoms with Crippen LogP contribution in [0, 0.1) is 0 Å². The Morgan fingerprint density at radius 3 is 2.73 bits per heavy atom. The Morgan fingerprint density at radius 1 is 1.47 bits per heavy atom. The van der Waals surface area contributed by atoms with Crippen molar-refractivity contribution in [2.24, 2.45) is 0 Å². The van der Waals surface area contributed by atoms with Crippen LogP contribution in [-0.4, -0.2) is 50.1 Å². The standard InChI is InChI=1S/C10H19FO4/c1-3-4-5-14-6-7-9(12)8(11)10(13-2)15-7/h7-10,12H,3-6H2,1-2H3/t7-,8-,9?,10-/m1/s1. The molecule has 0 aliphatic carbocycles. The molecule has 0 spiro atoms. The molecule has 0 amide bonds. The van der Waals surface area contributed by atoms with E-state index in [1.165, 1.54) is 7.11 Å². The number of hydrogen-bond acceptors (Lipinski definition) is 4. The first-order valence-electron chi connectivity index (χ1n) is 5.28. The van der Waals surface area contributed by atoms with E-state index in [4.69, 9.17) is 14.2 Å². The highest BCUT2D eigenvalue weighted by atomic mass is 19.1. The van der Waals surface area contributed by atoms with E-state index in [9.17, 15) is 9.50 Å². The average Bonchev–Trinajstić information content (AvgIpc) is 2.52. The third kappa shape index (κ3) is 3.38. The van der Waals surface area contributed by atoms with Crippen molar-refractivity contribution in [3.63, 3.8) is 0 Å². The first kappa shape index (κ1) is 12.8. The van der Waals surface area contributed by atoms with Crippen LogP contribution in [0.15, 0.2) is 0 Å². The van der Waals surface area contributed by atoms with Gasteiger partial charge >= 0.3 is 0 Å². The number of hydrogen-bond donors (Lipinski definition) is 1. The number of halogens is 1. The molecule has 1 aliphatic heterocycles. The summed E-state index contributed by atoms with van der Waals surface area (Å²) in [5.41, 5.74) is 0. The number of aliphatic hydroxyl groups is 1. The lowest BCUT2D eigenvalue weighted by atomic mass is 10.2. The van der Waals surface area contributed by atoms with Crippen molar-refractivity contribution < 1.29 is 23.7 Å². The van der Waals surface area contributed by atoms with Crippen molar-refractivity contribution in [2.45, 2.75) is 44.4 Å². The summed E-state index contributed by atoms with van der Waals surface area (Å²) in [5, 5.41) is 9.46. The smallest absolute Gasteiger partial charge is 0.191 e. The Kier molecular flexibility index (Phi) is 5.45. The molecule has 1 fully saturated rings. The normalized spacial score (nSPS) is 36.0. The predicted octanol–water partition coefficient (Wildman–Crippen LogP) is 0.873. The van der Waals surface area contributed by atoms with Gasteiger partial charge in [0.25, 0.3) is 0 Å². The maximum absolute atomic E-state index is 13.3. The molecule has 1 heterocycles. The topological polar surface area (TPSA) is 47.9 Å². The van der Waals surface area contributed by atoms with Gasteiger partial charge in [-0.15, -0.1) is 0 Å². The maximum Gasteiger partial charge on any atom is 0.191 e. The highest BCUT2D eigenvalue weighted by molar-refractivity contribution is 4.86. The zero-order chi connectivity index (χ0) is 11.3. The average molecular weight is 222 g/mol. The van der Waals surface area contributed by atoms with E-state index >= 15 is 0 Å². The zero-order valence-electron chi connectivity index (χ0n) is 9.19. The van der Waals surface area contributed by atoms with E-state index in [1.807, 2.05) is 0 Å². The molecule has 4 atom stereocenters. The summed E-state index contributed by atoms with van der Waals surface area (Å²) in [6.07, 6.45) is -2.25. The first-order valence-corrected chi connectivity index (χ1v) is 5.28. The summed E-state index contributed by atoms with van der Waals surface area (Å²) in [5.74, 6) is 0. The number of aliphatic hydroxyl groups excluding tert-OH is 1. The van der Waals surface area contributed by atoms with E-state index in [0.29, 0.717) is 6.61 Å². The molecule has 1 aliphatic rings. The van der Waals surface area contributed by atoms with Crippen molar-refractivity contribution in [3.05, 3.63) is 0 Å². The highest BCUT2D eigenvalue weighted by Crippen LogP contribution is 2.24. The minimum atomic E-state index is -1.49. The Morgan fingerprint density at radius 2 is 2.20 bits per heavy atom. The minimum absolute atomic E-state index is 0.210. The molecule has 1 saturated heterocycles.